The highest BCUT2D eigenvalue weighted by Gasteiger charge is 2.27. The number of aromatic nitrogens is 3. The number of H-pyrrole nitrogens is 1. The van der Waals surface area contributed by atoms with E-state index in [1.165, 1.54) is 25.7 Å². The number of nitrogens with one attached hydrogen (secondary N) is 3. The average Bonchev–Trinajstić information content (AvgIpc) is 3.28. The number of hydrogen-bond donors (Lipinski definition) is 3. The van der Waals surface area contributed by atoms with E-state index in [0.717, 1.165) is 18.3 Å². The van der Waals surface area contributed by atoms with Crippen LogP contribution in [0.3, 0.4) is 0 Å². The zero-order chi connectivity index (χ0) is 18.4. The third-order valence-corrected chi connectivity index (χ3v) is 4.92. The minimum atomic E-state index is 0. The molecule has 0 atom stereocenters. The van der Waals surface area contributed by atoms with E-state index in [2.05, 4.69) is 46.6 Å². The van der Waals surface area contributed by atoms with Gasteiger partial charge in [-0.3, -0.25) is 10.1 Å². The van der Waals surface area contributed by atoms with Gasteiger partial charge in [-0.1, -0.05) is 13.8 Å². The Kier molecular flexibility index (Phi) is 8.12. The maximum atomic E-state index is 5.31. The van der Waals surface area contributed by atoms with Crippen molar-refractivity contribution >= 4 is 29.9 Å². The lowest BCUT2D eigenvalue weighted by Crippen LogP contribution is -2.45. The second-order valence-corrected chi connectivity index (χ2v) is 7.68. The van der Waals surface area contributed by atoms with E-state index in [1.54, 1.807) is 6.26 Å². The van der Waals surface area contributed by atoms with Crippen molar-refractivity contribution in [3.8, 4) is 11.6 Å². The zero-order valence-corrected chi connectivity index (χ0v) is 18.7. The van der Waals surface area contributed by atoms with Crippen molar-refractivity contribution in [1.29, 1.82) is 0 Å². The Morgan fingerprint density at radius 1 is 1.37 bits per heavy atom. The predicted molar refractivity (Wildman–Crippen MR) is 118 cm³/mol. The Morgan fingerprint density at radius 2 is 2.15 bits per heavy atom. The molecule has 1 aliphatic carbocycles. The molecule has 27 heavy (non-hydrogen) atoms. The molecular formula is C19H31IN6O. The van der Waals surface area contributed by atoms with E-state index in [-0.39, 0.29) is 24.0 Å². The van der Waals surface area contributed by atoms with Gasteiger partial charge in [-0.25, -0.2) is 4.98 Å². The lowest BCUT2D eigenvalue weighted by atomic mass is 9.75. The molecule has 0 bridgehead atoms. The van der Waals surface area contributed by atoms with Gasteiger partial charge in [0.25, 0.3) is 0 Å². The van der Waals surface area contributed by atoms with Crippen molar-refractivity contribution in [2.45, 2.75) is 58.9 Å². The summed E-state index contributed by atoms with van der Waals surface area (Å²) in [6.45, 7) is 8.32. The molecule has 0 aliphatic heterocycles. The molecule has 1 aliphatic rings. The molecule has 1 saturated carbocycles. The van der Waals surface area contributed by atoms with E-state index in [0.29, 0.717) is 36.0 Å². The molecule has 8 heteroatoms. The molecule has 1 fully saturated rings. The Balaban J connectivity index is 0.00000261. The second-order valence-electron chi connectivity index (χ2n) is 7.68. The summed E-state index contributed by atoms with van der Waals surface area (Å²) in [4.78, 5) is 9.15. The van der Waals surface area contributed by atoms with Gasteiger partial charge in [0.05, 0.1) is 6.26 Å². The average molecular weight is 486 g/mol. The normalized spacial score (nSPS) is 17.4. The number of furan rings is 1. The van der Waals surface area contributed by atoms with Crippen LogP contribution in [0.25, 0.3) is 11.6 Å². The van der Waals surface area contributed by atoms with Crippen LogP contribution < -0.4 is 10.6 Å². The fourth-order valence-electron chi connectivity index (χ4n) is 3.25. The Labute approximate surface area is 178 Å². The Bertz CT molecular complexity index is 700. The SMILES string of the molecule is CCNC(=NCCc1nc(-c2ccco2)n[nH]1)NC1CCC(C)(C)CC1.I. The monoisotopic (exact) mass is 486 g/mol. The van der Waals surface area contributed by atoms with Gasteiger partial charge in [0, 0.05) is 25.6 Å². The largest absolute Gasteiger partial charge is 0.461 e. The number of aromatic amines is 1. The highest BCUT2D eigenvalue weighted by atomic mass is 127. The van der Waals surface area contributed by atoms with Crippen LogP contribution in [0.4, 0.5) is 0 Å². The van der Waals surface area contributed by atoms with Crippen molar-refractivity contribution in [1.82, 2.24) is 25.8 Å². The fraction of sp³-hybridized carbons (Fsp3) is 0.632. The van der Waals surface area contributed by atoms with E-state index < -0.39 is 0 Å². The summed E-state index contributed by atoms with van der Waals surface area (Å²) in [5, 5.41) is 14.1. The minimum Gasteiger partial charge on any atom is -0.461 e. The maximum absolute atomic E-state index is 5.31. The highest BCUT2D eigenvalue weighted by Crippen LogP contribution is 2.34. The van der Waals surface area contributed by atoms with Gasteiger partial charge in [-0.05, 0) is 50.2 Å². The summed E-state index contributed by atoms with van der Waals surface area (Å²) in [6, 6.07) is 4.19. The van der Waals surface area contributed by atoms with Gasteiger partial charge in [-0.15, -0.1) is 24.0 Å². The lowest BCUT2D eigenvalue weighted by molar-refractivity contribution is 0.216. The molecule has 0 amide bonds. The molecule has 3 rings (SSSR count). The number of halogens is 1. The standard InChI is InChI=1S/C19H30N6O.HI/c1-4-20-18(22-14-7-10-19(2,3)11-8-14)21-12-9-16-23-17(25-24-16)15-6-5-13-26-15;/h5-6,13-14H,4,7-12H2,1-3H3,(H2,20,21,22)(H,23,24,25);1H. The van der Waals surface area contributed by atoms with Crippen LogP contribution in [0.2, 0.25) is 0 Å². The van der Waals surface area contributed by atoms with E-state index >= 15 is 0 Å². The second kappa shape index (κ2) is 10.1. The quantitative estimate of drug-likeness (QED) is 0.329. The summed E-state index contributed by atoms with van der Waals surface area (Å²) >= 11 is 0. The van der Waals surface area contributed by atoms with Crippen LogP contribution in [0, 0.1) is 5.41 Å². The summed E-state index contributed by atoms with van der Waals surface area (Å²) in [5.74, 6) is 2.97. The molecule has 3 N–H and O–H groups in total. The van der Waals surface area contributed by atoms with Gasteiger partial charge in [0.1, 0.15) is 5.82 Å². The third kappa shape index (κ3) is 6.51. The molecule has 0 spiro atoms. The van der Waals surface area contributed by atoms with Crippen LogP contribution in [-0.2, 0) is 6.42 Å². The Hall–Kier alpha value is -1.58. The fourth-order valence-corrected chi connectivity index (χ4v) is 3.25. The lowest BCUT2D eigenvalue weighted by Gasteiger charge is -2.35. The number of guanidine groups is 1. The molecule has 150 valence electrons. The van der Waals surface area contributed by atoms with Crippen LogP contribution >= 0.6 is 24.0 Å². The number of nitrogens with zero attached hydrogens (tertiary/aromatic N) is 3. The smallest absolute Gasteiger partial charge is 0.216 e. The van der Waals surface area contributed by atoms with Crippen molar-refractivity contribution in [2.75, 3.05) is 13.1 Å². The van der Waals surface area contributed by atoms with E-state index in [4.69, 9.17) is 9.41 Å². The zero-order valence-electron chi connectivity index (χ0n) is 16.4. The molecule has 0 aromatic carbocycles. The van der Waals surface area contributed by atoms with E-state index in [1.807, 2.05) is 12.1 Å². The molecule has 2 aromatic heterocycles. The molecule has 0 radical (unpaired) electrons. The first kappa shape index (κ1) is 21.7. The molecule has 7 nitrogen and oxygen atoms in total. The van der Waals surface area contributed by atoms with Gasteiger partial charge >= 0.3 is 0 Å². The molecule has 2 heterocycles. The van der Waals surface area contributed by atoms with Crippen LogP contribution in [0.5, 0.6) is 0 Å². The first-order chi connectivity index (χ1) is 12.6. The summed E-state index contributed by atoms with van der Waals surface area (Å²) < 4.78 is 5.31. The summed E-state index contributed by atoms with van der Waals surface area (Å²) in [7, 11) is 0. The van der Waals surface area contributed by atoms with Gasteiger partial charge in [0.15, 0.2) is 11.7 Å². The van der Waals surface area contributed by atoms with Crippen molar-refractivity contribution in [3.63, 3.8) is 0 Å². The van der Waals surface area contributed by atoms with Crippen molar-refractivity contribution in [2.24, 2.45) is 10.4 Å². The van der Waals surface area contributed by atoms with Gasteiger partial charge in [0.2, 0.25) is 5.82 Å². The predicted octanol–water partition coefficient (Wildman–Crippen LogP) is 3.75. The van der Waals surface area contributed by atoms with Crippen LogP contribution in [-0.4, -0.2) is 40.3 Å². The van der Waals surface area contributed by atoms with Crippen LogP contribution in [0.1, 0.15) is 52.3 Å². The minimum absolute atomic E-state index is 0. The first-order valence-corrected chi connectivity index (χ1v) is 9.56. The number of hydrogen-bond acceptors (Lipinski definition) is 4. The first-order valence-electron chi connectivity index (χ1n) is 9.56. The van der Waals surface area contributed by atoms with Crippen molar-refractivity contribution in [3.05, 3.63) is 24.2 Å². The maximum Gasteiger partial charge on any atom is 0.216 e. The van der Waals surface area contributed by atoms with Gasteiger partial charge in [-0.2, -0.15) is 5.10 Å². The van der Waals surface area contributed by atoms with Crippen LogP contribution in [0.15, 0.2) is 27.8 Å². The summed E-state index contributed by atoms with van der Waals surface area (Å²) in [6.07, 6.45) is 7.26. The molecule has 2 aromatic rings. The topological polar surface area (TPSA) is 91.1 Å². The van der Waals surface area contributed by atoms with Gasteiger partial charge < -0.3 is 15.1 Å². The Morgan fingerprint density at radius 3 is 2.81 bits per heavy atom. The number of rotatable bonds is 6. The molecular weight excluding hydrogens is 455 g/mol. The highest BCUT2D eigenvalue weighted by molar-refractivity contribution is 14.0. The third-order valence-electron chi connectivity index (χ3n) is 4.92. The number of aliphatic imine (C=N–C) groups is 1. The molecule has 0 saturated heterocycles. The molecule has 0 unspecified atom stereocenters. The summed E-state index contributed by atoms with van der Waals surface area (Å²) in [5.41, 5.74) is 0.478. The van der Waals surface area contributed by atoms with E-state index in [9.17, 15) is 0 Å². The van der Waals surface area contributed by atoms with Crippen molar-refractivity contribution < 1.29 is 4.42 Å².